The number of aliphatic imine (C=N–C) groups is 1. The molecule has 4 nitrogen and oxygen atoms in total. The maximum atomic E-state index is 8.40. The second kappa shape index (κ2) is 6.23. The third kappa shape index (κ3) is 2.75. The summed E-state index contributed by atoms with van der Waals surface area (Å²) in [6.45, 7) is 0.799. The van der Waals surface area contributed by atoms with Crippen molar-refractivity contribution in [2.24, 2.45) is 4.99 Å². The van der Waals surface area contributed by atoms with Crippen molar-refractivity contribution >= 4 is 17.7 Å². The molecule has 0 aromatic heterocycles. The van der Waals surface area contributed by atoms with Crippen molar-refractivity contribution in [1.82, 2.24) is 0 Å². The SMILES string of the molecule is COc1ccc2c(c1)C(c1ccc(C=C=[N+]=[N-])cc1)=NCC2. The summed E-state index contributed by atoms with van der Waals surface area (Å²) in [5.41, 5.74) is 13.8. The van der Waals surface area contributed by atoms with E-state index >= 15 is 0 Å². The van der Waals surface area contributed by atoms with Crippen molar-refractivity contribution in [1.29, 1.82) is 0 Å². The first-order chi connectivity index (χ1) is 10.8. The monoisotopic (exact) mass is 289 g/mol. The molecule has 2 aromatic rings. The van der Waals surface area contributed by atoms with Crippen LogP contribution in [0.15, 0.2) is 47.5 Å². The number of rotatable bonds is 3. The van der Waals surface area contributed by atoms with Gasteiger partial charge in [-0.1, -0.05) is 30.3 Å². The number of ether oxygens (including phenoxy) is 1. The van der Waals surface area contributed by atoms with Gasteiger partial charge in [0.25, 0.3) is 5.87 Å². The fourth-order valence-corrected chi connectivity index (χ4v) is 2.58. The fraction of sp³-hybridized carbons (Fsp3) is 0.167. The Labute approximate surface area is 129 Å². The van der Waals surface area contributed by atoms with Gasteiger partial charge in [0.05, 0.1) is 18.9 Å². The lowest BCUT2D eigenvalue weighted by molar-refractivity contribution is 0.00864. The molecule has 0 saturated heterocycles. The Bertz CT molecular complexity index is 809. The third-order valence-corrected chi connectivity index (χ3v) is 3.70. The van der Waals surface area contributed by atoms with Crippen molar-refractivity contribution in [2.75, 3.05) is 13.7 Å². The Morgan fingerprint density at radius 2 is 2.05 bits per heavy atom. The van der Waals surface area contributed by atoms with Crippen LogP contribution in [-0.4, -0.2) is 30.0 Å². The van der Waals surface area contributed by atoms with E-state index in [1.807, 2.05) is 36.4 Å². The van der Waals surface area contributed by atoms with Gasteiger partial charge in [-0.05, 0) is 29.7 Å². The molecule has 0 aliphatic carbocycles. The summed E-state index contributed by atoms with van der Waals surface area (Å²) in [5.74, 6) is 3.24. The maximum absolute atomic E-state index is 8.40. The molecular weight excluding hydrogens is 274 g/mol. The van der Waals surface area contributed by atoms with Gasteiger partial charge in [0.1, 0.15) is 5.75 Å². The lowest BCUT2D eigenvalue weighted by atomic mass is 9.93. The van der Waals surface area contributed by atoms with Crippen LogP contribution in [0, 0.1) is 0 Å². The van der Waals surface area contributed by atoms with Crippen LogP contribution < -0.4 is 4.74 Å². The molecule has 1 heterocycles. The van der Waals surface area contributed by atoms with Crippen molar-refractivity contribution < 1.29 is 9.53 Å². The smallest absolute Gasteiger partial charge is 0.300 e. The Hall–Kier alpha value is -2.93. The van der Waals surface area contributed by atoms with Crippen molar-refractivity contribution in [3.05, 3.63) is 70.2 Å². The van der Waals surface area contributed by atoms with Gasteiger partial charge in [0.2, 0.25) is 0 Å². The van der Waals surface area contributed by atoms with Crippen LogP contribution in [0.4, 0.5) is 0 Å². The van der Waals surface area contributed by atoms with Crippen molar-refractivity contribution in [3.8, 4) is 5.75 Å². The summed E-state index contributed by atoms with van der Waals surface area (Å²) < 4.78 is 5.33. The minimum Gasteiger partial charge on any atom is -0.497 e. The normalized spacial score (nSPS) is 12.5. The van der Waals surface area contributed by atoms with Gasteiger partial charge >= 0.3 is 0 Å². The molecule has 22 heavy (non-hydrogen) atoms. The molecule has 0 spiro atoms. The summed E-state index contributed by atoms with van der Waals surface area (Å²) >= 11 is 0. The maximum Gasteiger partial charge on any atom is 0.300 e. The van der Waals surface area contributed by atoms with E-state index < -0.39 is 0 Å². The van der Waals surface area contributed by atoms with Gasteiger partial charge in [0.15, 0.2) is 0 Å². The largest absolute Gasteiger partial charge is 0.497 e. The number of methoxy groups -OCH3 is 1. The highest BCUT2D eigenvalue weighted by atomic mass is 16.5. The molecule has 2 aromatic carbocycles. The highest BCUT2D eigenvalue weighted by Crippen LogP contribution is 2.25. The van der Waals surface area contributed by atoms with Crippen LogP contribution in [0.5, 0.6) is 5.75 Å². The molecule has 0 N–H and O–H groups in total. The second-order valence-electron chi connectivity index (χ2n) is 5.00. The summed E-state index contributed by atoms with van der Waals surface area (Å²) in [6, 6.07) is 14.1. The highest BCUT2D eigenvalue weighted by Gasteiger charge is 2.16. The first kappa shape index (κ1) is 14.0. The molecule has 1 aliphatic heterocycles. The highest BCUT2D eigenvalue weighted by molar-refractivity contribution is 6.14. The molecule has 3 rings (SSSR count). The summed E-state index contributed by atoms with van der Waals surface area (Å²) in [6.07, 6.45) is 2.57. The third-order valence-electron chi connectivity index (χ3n) is 3.70. The van der Waals surface area contributed by atoms with Gasteiger partial charge in [-0.15, -0.1) is 4.79 Å². The standard InChI is InChI=1S/C18H15N3O/c1-22-16-7-6-14-9-10-20-18(17(14)12-16)15-4-2-13(3-5-15)8-11-21-19/h2-8,12H,9-10H2,1H3. The summed E-state index contributed by atoms with van der Waals surface area (Å²) in [7, 11) is 1.67. The molecule has 0 atom stereocenters. The van der Waals surface area contributed by atoms with Crippen molar-refractivity contribution in [2.45, 2.75) is 6.42 Å². The van der Waals surface area contributed by atoms with Crippen LogP contribution in [0.25, 0.3) is 11.6 Å². The predicted molar refractivity (Wildman–Crippen MR) is 86.7 cm³/mol. The predicted octanol–water partition coefficient (Wildman–Crippen LogP) is 3.00. The Morgan fingerprint density at radius 3 is 2.77 bits per heavy atom. The van der Waals surface area contributed by atoms with Gasteiger partial charge < -0.3 is 10.3 Å². The number of fused-ring (bicyclic) bond motifs is 1. The zero-order chi connectivity index (χ0) is 15.4. The molecule has 0 radical (unpaired) electrons. The lowest BCUT2D eigenvalue weighted by Crippen LogP contribution is -2.14. The molecule has 0 saturated carbocycles. The van der Waals surface area contributed by atoms with E-state index in [-0.39, 0.29) is 0 Å². The van der Waals surface area contributed by atoms with E-state index in [9.17, 15) is 0 Å². The minimum atomic E-state index is 0.799. The zero-order valence-electron chi connectivity index (χ0n) is 12.3. The number of benzene rings is 2. The molecular formula is C18H15N3O. The molecule has 4 heteroatoms. The fourth-order valence-electron chi connectivity index (χ4n) is 2.58. The van der Waals surface area contributed by atoms with Crippen molar-refractivity contribution in [3.63, 3.8) is 0 Å². The second-order valence-corrected chi connectivity index (χ2v) is 5.00. The topological polar surface area (TPSA) is 58.0 Å². The van der Waals surface area contributed by atoms with E-state index in [2.05, 4.69) is 21.7 Å². The lowest BCUT2D eigenvalue weighted by Gasteiger charge is -2.18. The van der Waals surface area contributed by atoms with E-state index in [4.69, 9.17) is 10.3 Å². The van der Waals surface area contributed by atoms with E-state index in [1.54, 1.807) is 13.2 Å². The average molecular weight is 289 g/mol. The number of nitrogens with zero attached hydrogens (tertiary/aromatic N) is 3. The molecule has 0 amide bonds. The molecule has 108 valence electrons. The Kier molecular flexibility index (Phi) is 3.97. The molecule has 0 bridgehead atoms. The number of hydrogen-bond acceptors (Lipinski definition) is 2. The van der Waals surface area contributed by atoms with Crippen LogP contribution in [0.1, 0.15) is 22.3 Å². The van der Waals surface area contributed by atoms with E-state index in [0.29, 0.717) is 0 Å². The van der Waals surface area contributed by atoms with Crippen LogP contribution in [0.2, 0.25) is 0 Å². The van der Waals surface area contributed by atoms with Crippen LogP contribution in [-0.2, 0) is 6.42 Å². The van der Waals surface area contributed by atoms with Crippen LogP contribution in [0.3, 0.4) is 0 Å². The summed E-state index contributed by atoms with van der Waals surface area (Å²) in [5, 5.41) is 0. The van der Waals surface area contributed by atoms with E-state index in [1.165, 1.54) is 5.56 Å². The first-order valence-electron chi connectivity index (χ1n) is 7.07. The molecule has 0 unspecified atom stereocenters. The van der Waals surface area contributed by atoms with Gasteiger partial charge in [-0.3, -0.25) is 4.99 Å². The minimum absolute atomic E-state index is 0.799. The van der Waals surface area contributed by atoms with Gasteiger partial charge in [-0.2, -0.15) is 0 Å². The summed E-state index contributed by atoms with van der Waals surface area (Å²) in [4.78, 5) is 7.53. The van der Waals surface area contributed by atoms with E-state index in [0.717, 1.165) is 41.1 Å². The quantitative estimate of drug-likeness (QED) is 0.487. The first-order valence-corrected chi connectivity index (χ1v) is 7.07. The Morgan fingerprint density at radius 1 is 1.23 bits per heavy atom. The number of hydrogen-bond donors (Lipinski definition) is 0. The Balaban J connectivity index is 2.01. The van der Waals surface area contributed by atoms with Gasteiger partial charge in [0, 0.05) is 17.7 Å². The zero-order valence-corrected chi connectivity index (χ0v) is 12.3. The van der Waals surface area contributed by atoms with Crippen LogP contribution >= 0.6 is 0 Å². The molecule has 0 fully saturated rings. The molecule has 1 aliphatic rings. The van der Waals surface area contributed by atoms with Gasteiger partial charge in [-0.25, -0.2) is 0 Å². The average Bonchev–Trinajstić information content (AvgIpc) is 2.59.